The highest BCUT2D eigenvalue weighted by Crippen LogP contribution is 2.26. The van der Waals surface area contributed by atoms with Gasteiger partial charge in [0.2, 0.25) is 0 Å². The van der Waals surface area contributed by atoms with Gasteiger partial charge in [-0.05, 0) is 30.7 Å². The van der Waals surface area contributed by atoms with Crippen LogP contribution in [0.1, 0.15) is 23.8 Å². The molecular formula is C17H16N4O2S. The van der Waals surface area contributed by atoms with Gasteiger partial charge in [-0.3, -0.25) is 15.1 Å². The molecule has 0 atom stereocenters. The van der Waals surface area contributed by atoms with E-state index in [0.29, 0.717) is 11.7 Å². The second kappa shape index (κ2) is 7.65. The highest BCUT2D eigenvalue weighted by atomic mass is 32.1. The van der Waals surface area contributed by atoms with Gasteiger partial charge in [0.1, 0.15) is 11.4 Å². The van der Waals surface area contributed by atoms with Crippen LogP contribution in [0.2, 0.25) is 0 Å². The van der Waals surface area contributed by atoms with E-state index in [0.717, 1.165) is 23.4 Å². The predicted octanol–water partition coefficient (Wildman–Crippen LogP) is 3.64. The molecule has 2 heterocycles. The van der Waals surface area contributed by atoms with Crippen molar-refractivity contribution in [2.45, 2.75) is 13.3 Å². The minimum absolute atomic E-state index is 0.256. The third-order valence-electron chi connectivity index (χ3n) is 3.14. The van der Waals surface area contributed by atoms with Crippen molar-refractivity contribution < 1.29 is 9.53 Å². The van der Waals surface area contributed by atoms with Crippen LogP contribution in [0.4, 0.5) is 5.13 Å². The fourth-order valence-electron chi connectivity index (χ4n) is 1.98. The van der Waals surface area contributed by atoms with Gasteiger partial charge in [-0.1, -0.05) is 6.92 Å². The SMILES string of the molecule is CCCOc1ccc(-c2csc(NC(=O)c3cnccn3)n2)cc1. The molecule has 2 aromatic heterocycles. The number of hydrogen-bond donors (Lipinski definition) is 1. The highest BCUT2D eigenvalue weighted by Gasteiger charge is 2.11. The van der Waals surface area contributed by atoms with E-state index >= 15 is 0 Å². The predicted molar refractivity (Wildman–Crippen MR) is 93.3 cm³/mol. The summed E-state index contributed by atoms with van der Waals surface area (Å²) in [5.74, 6) is 0.513. The number of benzene rings is 1. The van der Waals surface area contributed by atoms with Gasteiger partial charge in [0.15, 0.2) is 5.13 Å². The molecule has 3 aromatic rings. The normalized spacial score (nSPS) is 10.4. The number of nitrogens with zero attached hydrogens (tertiary/aromatic N) is 3. The van der Waals surface area contributed by atoms with Crippen molar-refractivity contribution in [2.24, 2.45) is 0 Å². The molecule has 0 aliphatic rings. The first-order valence-electron chi connectivity index (χ1n) is 7.52. The summed E-state index contributed by atoms with van der Waals surface area (Å²) in [5, 5.41) is 5.15. The zero-order valence-corrected chi connectivity index (χ0v) is 13.9. The second-order valence-corrected chi connectivity index (χ2v) is 5.81. The van der Waals surface area contributed by atoms with Gasteiger partial charge in [0.05, 0.1) is 18.5 Å². The number of carbonyl (C=O) groups excluding carboxylic acids is 1. The fourth-order valence-corrected chi connectivity index (χ4v) is 2.70. The molecule has 0 saturated carbocycles. The van der Waals surface area contributed by atoms with E-state index in [-0.39, 0.29) is 11.6 Å². The maximum Gasteiger partial charge on any atom is 0.277 e. The first kappa shape index (κ1) is 16.1. The quantitative estimate of drug-likeness (QED) is 0.741. The average molecular weight is 340 g/mol. The van der Waals surface area contributed by atoms with Crippen LogP contribution >= 0.6 is 11.3 Å². The summed E-state index contributed by atoms with van der Waals surface area (Å²) in [6.45, 7) is 2.77. The Balaban J connectivity index is 1.68. The van der Waals surface area contributed by atoms with E-state index in [1.165, 1.54) is 29.9 Å². The molecule has 3 rings (SSSR count). The monoisotopic (exact) mass is 340 g/mol. The van der Waals surface area contributed by atoms with Gasteiger partial charge in [-0.25, -0.2) is 9.97 Å². The van der Waals surface area contributed by atoms with Gasteiger partial charge in [-0.2, -0.15) is 0 Å². The van der Waals surface area contributed by atoms with E-state index in [9.17, 15) is 4.79 Å². The molecule has 0 aliphatic carbocycles. The molecule has 0 bridgehead atoms. The van der Waals surface area contributed by atoms with Crippen molar-refractivity contribution in [1.29, 1.82) is 0 Å². The lowest BCUT2D eigenvalue weighted by molar-refractivity contribution is 0.102. The number of anilines is 1. The number of rotatable bonds is 6. The molecule has 122 valence electrons. The van der Waals surface area contributed by atoms with Crippen molar-refractivity contribution in [2.75, 3.05) is 11.9 Å². The molecule has 0 unspecified atom stereocenters. The number of aromatic nitrogens is 3. The Morgan fingerprint density at radius 2 is 2.08 bits per heavy atom. The standard InChI is InChI=1S/C17H16N4O2S/c1-2-9-23-13-5-3-12(4-6-13)15-11-24-17(20-15)21-16(22)14-10-18-7-8-19-14/h3-8,10-11H,2,9H2,1H3,(H,20,21,22). The van der Waals surface area contributed by atoms with Crippen molar-refractivity contribution in [3.8, 4) is 17.0 Å². The Labute approximate surface area is 143 Å². The second-order valence-electron chi connectivity index (χ2n) is 4.96. The molecule has 0 fully saturated rings. The zero-order chi connectivity index (χ0) is 16.8. The summed E-state index contributed by atoms with van der Waals surface area (Å²) < 4.78 is 5.57. The Morgan fingerprint density at radius 1 is 1.25 bits per heavy atom. The van der Waals surface area contributed by atoms with E-state index in [1.807, 2.05) is 29.6 Å². The van der Waals surface area contributed by atoms with Crippen molar-refractivity contribution in [1.82, 2.24) is 15.0 Å². The lowest BCUT2D eigenvalue weighted by atomic mass is 10.2. The number of thiazole rings is 1. The van der Waals surface area contributed by atoms with E-state index in [1.54, 1.807) is 0 Å². The Hall–Kier alpha value is -2.80. The largest absolute Gasteiger partial charge is 0.494 e. The highest BCUT2D eigenvalue weighted by molar-refractivity contribution is 7.14. The van der Waals surface area contributed by atoms with Crippen molar-refractivity contribution in [3.05, 3.63) is 53.9 Å². The molecule has 24 heavy (non-hydrogen) atoms. The fraction of sp³-hybridized carbons (Fsp3) is 0.176. The van der Waals surface area contributed by atoms with Gasteiger partial charge in [-0.15, -0.1) is 11.3 Å². The van der Waals surface area contributed by atoms with Crippen LogP contribution in [-0.2, 0) is 0 Å². The van der Waals surface area contributed by atoms with E-state index in [4.69, 9.17) is 4.74 Å². The first-order chi connectivity index (χ1) is 11.8. The lowest BCUT2D eigenvalue weighted by Crippen LogP contribution is -2.13. The number of nitrogens with one attached hydrogen (secondary N) is 1. The van der Waals surface area contributed by atoms with Crippen LogP contribution in [0.3, 0.4) is 0 Å². The number of ether oxygens (including phenoxy) is 1. The maximum absolute atomic E-state index is 12.0. The average Bonchev–Trinajstić information content (AvgIpc) is 3.09. The Morgan fingerprint density at radius 3 is 2.79 bits per heavy atom. The van der Waals surface area contributed by atoms with E-state index < -0.39 is 0 Å². The van der Waals surface area contributed by atoms with Crippen LogP contribution in [0.5, 0.6) is 5.75 Å². The zero-order valence-electron chi connectivity index (χ0n) is 13.1. The first-order valence-corrected chi connectivity index (χ1v) is 8.40. The molecule has 0 radical (unpaired) electrons. The lowest BCUT2D eigenvalue weighted by Gasteiger charge is -2.04. The molecule has 0 saturated heterocycles. The topological polar surface area (TPSA) is 77.0 Å². The molecule has 0 spiro atoms. The van der Waals surface area contributed by atoms with Gasteiger partial charge >= 0.3 is 0 Å². The molecule has 1 N–H and O–H groups in total. The summed E-state index contributed by atoms with van der Waals surface area (Å²) >= 11 is 1.36. The van der Waals surface area contributed by atoms with Crippen LogP contribution in [0.25, 0.3) is 11.3 Å². The smallest absolute Gasteiger partial charge is 0.277 e. The number of carbonyl (C=O) groups is 1. The molecule has 1 amide bonds. The summed E-state index contributed by atoms with van der Waals surface area (Å²) in [6.07, 6.45) is 5.39. The van der Waals surface area contributed by atoms with Crippen LogP contribution < -0.4 is 10.1 Å². The number of amides is 1. The summed E-state index contributed by atoms with van der Waals surface area (Å²) in [4.78, 5) is 24.3. The summed E-state index contributed by atoms with van der Waals surface area (Å²) in [6, 6.07) is 7.74. The van der Waals surface area contributed by atoms with Crippen LogP contribution in [0, 0.1) is 0 Å². The Bertz CT molecular complexity index is 803. The molecule has 0 aliphatic heterocycles. The third-order valence-corrected chi connectivity index (χ3v) is 3.90. The van der Waals surface area contributed by atoms with E-state index in [2.05, 4.69) is 27.2 Å². The molecule has 6 nitrogen and oxygen atoms in total. The molecule has 1 aromatic carbocycles. The molecule has 7 heteroatoms. The minimum atomic E-state index is -0.327. The third kappa shape index (κ3) is 3.94. The van der Waals surface area contributed by atoms with Crippen molar-refractivity contribution in [3.63, 3.8) is 0 Å². The van der Waals surface area contributed by atoms with Crippen LogP contribution in [-0.4, -0.2) is 27.5 Å². The van der Waals surface area contributed by atoms with Gasteiger partial charge in [0, 0.05) is 23.3 Å². The van der Waals surface area contributed by atoms with Gasteiger partial charge < -0.3 is 4.74 Å². The summed E-state index contributed by atoms with van der Waals surface area (Å²) in [7, 11) is 0. The maximum atomic E-state index is 12.0. The summed E-state index contributed by atoms with van der Waals surface area (Å²) in [5.41, 5.74) is 2.03. The van der Waals surface area contributed by atoms with Crippen molar-refractivity contribution >= 4 is 22.4 Å². The minimum Gasteiger partial charge on any atom is -0.494 e. The van der Waals surface area contributed by atoms with Gasteiger partial charge in [0.25, 0.3) is 5.91 Å². The molecular weight excluding hydrogens is 324 g/mol. The Kier molecular flexibility index (Phi) is 5.12. The van der Waals surface area contributed by atoms with Crippen LogP contribution in [0.15, 0.2) is 48.2 Å². The number of hydrogen-bond acceptors (Lipinski definition) is 6.